The standard InChI is InChI=1S/C14H13BCl2O.CH4/c1-15(2)10-3-5-13(6-4-10)18-14-8-11(16)7-12(17)9-14;/h3-9H,1-2H3;1H4. The highest BCUT2D eigenvalue weighted by Gasteiger charge is 2.04. The highest BCUT2D eigenvalue weighted by molar-refractivity contribution is 6.70. The van der Waals surface area contributed by atoms with Gasteiger partial charge < -0.3 is 4.74 Å². The quantitative estimate of drug-likeness (QED) is 0.690. The van der Waals surface area contributed by atoms with Crippen molar-refractivity contribution >= 4 is 35.4 Å². The summed E-state index contributed by atoms with van der Waals surface area (Å²) in [6, 6.07) is 13.2. The van der Waals surface area contributed by atoms with Gasteiger partial charge in [0.25, 0.3) is 0 Å². The molecule has 0 radical (unpaired) electrons. The van der Waals surface area contributed by atoms with Gasteiger partial charge in [0.05, 0.1) is 0 Å². The van der Waals surface area contributed by atoms with Crippen molar-refractivity contribution in [2.24, 2.45) is 0 Å². The van der Waals surface area contributed by atoms with E-state index in [1.54, 1.807) is 18.2 Å². The van der Waals surface area contributed by atoms with Crippen molar-refractivity contribution in [3.05, 3.63) is 52.5 Å². The molecule has 2 aromatic rings. The van der Waals surface area contributed by atoms with Crippen molar-refractivity contribution in [1.29, 1.82) is 0 Å². The number of ether oxygens (including phenoxy) is 1. The fraction of sp³-hybridized carbons (Fsp3) is 0.200. The topological polar surface area (TPSA) is 9.23 Å². The van der Waals surface area contributed by atoms with E-state index >= 15 is 0 Å². The fourth-order valence-corrected chi connectivity index (χ4v) is 2.15. The van der Waals surface area contributed by atoms with E-state index in [-0.39, 0.29) is 7.43 Å². The molecule has 0 N–H and O–H groups in total. The largest absolute Gasteiger partial charge is 0.457 e. The lowest BCUT2D eigenvalue weighted by Crippen LogP contribution is -2.21. The van der Waals surface area contributed by atoms with Gasteiger partial charge in [-0.2, -0.15) is 0 Å². The molecule has 0 aliphatic carbocycles. The molecule has 0 bridgehead atoms. The highest BCUT2D eigenvalue weighted by atomic mass is 35.5. The Bertz CT molecular complexity index is 518. The molecule has 0 fully saturated rings. The molecule has 2 rings (SSSR count). The van der Waals surface area contributed by atoms with Crippen molar-refractivity contribution in [3.8, 4) is 11.5 Å². The summed E-state index contributed by atoms with van der Waals surface area (Å²) in [4.78, 5) is 0. The molecule has 0 aliphatic rings. The van der Waals surface area contributed by atoms with Gasteiger partial charge in [0, 0.05) is 10.0 Å². The van der Waals surface area contributed by atoms with Crippen LogP contribution in [-0.4, -0.2) is 6.71 Å². The van der Waals surface area contributed by atoms with Gasteiger partial charge in [-0.1, -0.05) is 61.9 Å². The van der Waals surface area contributed by atoms with Crippen molar-refractivity contribution < 1.29 is 4.74 Å². The number of halogens is 2. The molecule has 0 aromatic heterocycles. The Hall–Kier alpha value is -1.12. The van der Waals surface area contributed by atoms with Gasteiger partial charge in [0.2, 0.25) is 0 Å². The summed E-state index contributed by atoms with van der Waals surface area (Å²) in [6.45, 7) is 4.83. The molecule has 0 aliphatic heterocycles. The average molecular weight is 295 g/mol. The third-order valence-electron chi connectivity index (χ3n) is 2.62. The molecule has 0 saturated heterocycles. The van der Waals surface area contributed by atoms with Crippen molar-refractivity contribution in [1.82, 2.24) is 0 Å². The molecule has 0 spiro atoms. The Morgan fingerprint density at radius 1 is 0.842 bits per heavy atom. The van der Waals surface area contributed by atoms with E-state index in [0.717, 1.165) is 5.75 Å². The Balaban J connectivity index is 0.00000180. The lowest BCUT2D eigenvalue weighted by molar-refractivity contribution is 0.483. The van der Waals surface area contributed by atoms with Gasteiger partial charge in [0.15, 0.2) is 6.71 Å². The highest BCUT2D eigenvalue weighted by Crippen LogP contribution is 2.27. The van der Waals surface area contributed by atoms with Crippen molar-refractivity contribution in [2.45, 2.75) is 21.1 Å². The zero-order chi connectivity index (χ0) is 13.1. The molecule has 0 saturated carbocycles. The number of benzene rings is 2. The first kappa shape index (κ1) is 15.9. The van der Waals surface area contributed by atoms with Crippen molar-refractivity contribution in [3.63, 3.8) is 0 Å². The summed E-state index contributed by atoms with van der Waals surface area (Å²) in [7, 11) is 0. The summed E-state index contributed by atoms with van der Waals surface area (Å²) in [5, 5.41) is 1.13. The van der Waals surface area contributed by atoms with Gasteiger partial charge in [-0.05, 0) is 30.3 Å². The molecule has 0 amide bonds. The lowest BCUT2D eigenvalue weighted by Gasteiger charge is -2.08. The lowest BCUT2D eigenvalue weighted by atomic mass is 9.49. The monoisotopic (exact) mass is 294 g/mol. The van der Waals surface area contributed by atoms with E-state index in [0.29, 0.717) is 22.5 Å². The van der Waals surface area contributed by atoms with Crippen LogP contribution in [0.1, 0.15) is 7.43 Å². The van der Waals surface area contributed by atoms with Gasteiger partial charge >= 0.3 is 0 Å². The molecule has 0 atom stereocenters. The summed E-state index contributed by atoms with van der Waals surface area (Å²) in [6.07, 6.45) is 0. The molecular formula is C15H17BCl2O. The van der Waals surface area contributed by atoms with Crippen LogP contribution >= 0.6 is 23.2 Å². The van der Waals surface area contributed by atoms with Gasteiger partial charge in [0.1, 0.15) is 11.5 Å². The Kier molecular flexibility index (Phi) is 5.77. The third kappa shape index (κ3) is 4.48. The molecule has 100 valence electrons. The first-order valence-electron chi connectivity index (χ1n) is 5.78. The minimum atomic E-state index is 0. The minimum Gasteiger partial charge on any atom is -0.457 e. The maximum absolute atomic E-state index is 5.92. The second-order valence-corrected chi connectivity index (χ2v) is 5.30. The predicted octanol–water partition coefficient (Wildman–Crippen LogP) is 5.38. The number of hydrogen-bond acceptors (Lipinski definition) is 1. The zero-order valence-corrected chi connectivity index (χ0v) is 11.8. The SMILES string of the molecule is C.CB(C)c1ccc(Oc2cc(Cl)cc(Cl)c2)cc1. The van der Waals surface area contributed by atoms with E-state index in [1.165, 1.54) is 5.46 Å². The van der Waals surface area contributed by atoms with Gasteiger partial charge in [-0.15, -0.1) is 0 Å². The van der Waals surface area contributed by atoms with Crippen molar-refractivity contribution in [2.75, 3.05) is 0 Å². The van der Waals surface area contributed by atoms with E-state index in [2.05, 4.69) is 25.8 Å². The second-order valence-electron chi connectivity index (χ2n) is 4.43. The fourth-order valence-electron chi connectivity index (χ4n) is 1.64. The Labute approximate surface area is 125 Å². The van der Waals surface area contributed by atoms with Crippen LogP contribution in [0, 0.1) is 0 Å². The van der Waals surface area contributed by atoms with E-state index in [4.69, 9.17) is 27.9 Å². The summed E-state index contributed by atoms with van der Waals surface area (Å²) in [5.41, 5.74) is 1.28. The molecule has 0 unspecified atom stereocenters. The van der Waals surface area contributed by atoms with Gasteiger partial charge in [-0.25, -0.2) is 0 Å². The van der Waals surface area contributed by atoms with E-state index in [9.17, 15) is 0 Å². The molecule has 1 nitrogen and oxygen atoms in total. The third-order valence-corrected chi connectivity index (χ3v) is 3.05. The average Bonchev–Trinajstić information content (AvgIpc) is 2.28. The number of hydrogen-bond donors (Lipinski definition) is 0. The molecular weight excluding hydrogens is 278 g/mol. The minimum absolute atomic E-state index is 0. The van der Waals surface area contributed by atoms with Crippen LogP contribution in [0.2, 0.25) is 23.7 Å². The zero-order valence-electron chi connectivity index (χ0n) is 10.3. The van der Waals surface area contributed by atoms with Crippen LogP contribution < -0.4 is 10.2 Å². The normalized spacial score (nSPS) is 9.68. The Morgan fingerprint density at radius 3 is 1.84 bits per heavy atom. The molecule has 4 heteroatoms. The summed E-state index contributed by atoms with van der Waals surface area (Å²) in [5.74, 6) is 1.42. The predicted molar refractivity (Wildman–Crippen MR) is 86.8 cm³/mol. The van der Waals surface area contributed by atoms with E-state index < -0.39 is 0 Å². The van der Waals surface area contributed by atoms with Crippen LogP contribution in [0.3, 0.4) is 0 Å². The Morgan fingerprint density at radius 2 is 1.37 bits per heavy atom. The van der Waals surface area contributed by atoms with Crippen LogP contribution in [0.15, 0.2) is 42.5 Å². The maximum Gasteiger partial charge on any atom is 0.169 e. The van der Waals surface area contributed by atoms with Crippen LogP contribution in [0.4, 0.5) is 0 Å². The second kappa shape index (κ2) is 6.88. The molecule has 19 heavy (non-hydrogen) atoms. The van der Waals surface area contributed by atoms with Crippen LogP contribution in [0.5, 0.6) is 11.5 Å². The first-order chi connectivity index (χ1) is 8.54. The summed E-state index contributed by atoms with van der Waals surface area (Å²) >= 11 is 11.8. The maximum atomic E-state index is 5.92. The number of rotatable bonds is 3. The van der Waals surface area contributed by atoms with E-state index in [1.807, 2.05) is 12.1 Å². The van der Waals surface area contributed by atoms with Crippen LogP contribution in [-0.2, 0) is 0 Å². The smallest absolute Gasteiger partial charge is 0.169 e. The molecule has 0 heterocycles. The molecule has 2 aromatic carbocycles. The van der Waals surface area contributed by atoms with Crippen LogP contribution in [0.25, 0.3) is 0 Å². The first-order valence-corrected chi connectivity index (χ1v) is 6.54. The van der Waals surface area contributed by atoms with Gasteiger partial charge in [-0.3, -0.25) is 0 Å². The summed E-state index contributed by atoms with van der Waals surface area (Å²) < 4.78 is 5.71.